The second kappa shape index (κ2) is 14.4. The number of hydrogen-bond acceptors (Lipinski definition) is 16. The van der Waals surface area contributed by atoms with Gasteiger partial charge >= 0.3 is 23.3 Å². The van der Waals surface area contributed by atoms with Gasteiger partial charge in [0, 0.05) is 24.3 Å². The maximum atomic E-state index is 12.7. The van der Waals surface area contributed by atoms with Crippen LogP contribution in [0, 0.1) is 50.6 Å². The molecule has 0 radical (unpaired) electrons. The zero-order chi connectivity index (χ0) is 33.3. The molecule has 0 aliphatic heterocycles. The van der Waals surface area contributed by atoms with Crippen molar-refractivity contribution in [2.24, 2.45) is 0 Å². The van der Waals surface area contributed by atoms with Crippen LogP contribution in [0.15, 0.2) is 54.6 Å². The minimum absolute atomic E-state index is 0.0858. The van der Waals surface area contributed by atoms with Crippen molar-refractivity contribution in [3.8, 4) is 17.2 Å². The zero-order valence-corrected chi connectivity index (χ0v) is 22.3. The Bertz CT molecular complexity index is 1620. The van der Waals surface area contributed by atoms with Gasteiger partial charge in [-0.05, 0) is 37.1 Å². The number of nitrogens with zero attached hydrogens (tertiary/aromatic N) is 5. The minimum atomic E-state index is -1.25. The minimum Gasteiger partial charge on any atom is -0.482 e. The predicted octanol–water partition coefficient (Wildman–Crippen LogP) is 4.13. The molecular formula is C24H17N5O16. The van der Waals surface area contributed by atoms with E-state index in [2.05, 4.69) is 4.84 Å². The first-order valence-corrected chi connectivity index (χ1v) is 12.1. The Morgan fingerprint density at radius 3 is 1.40 bits per heavy atom. The van der Waals surface area contributed by atoms with Gasteiger partial charge in [0.05, 0.1) is 50.1 Å². The molecule has 0 unspecified atom stereocenters. The number of ether oxygens (including phenoxy) is 3. The Morgan fingerprint density at radius 2 is 1.00 bits per heavy atom. The molecule has 234 valence electrons. The van der Waals surface area contributed by atoms with E-state index in [1.807, 2.05) is 0 Å². The molecule has 21 heteroatoms. The van der Waals surface area contributed by atoms with E-state index in [1.165, 1.54) is 0 Å². The third kappa shape index (κ3) is 8.84. The van der Waals surface area contributed by atoms with Crippen molar-refractivity contribution in [2.45, 2.75) is 12.8 Å². The van der Waals surface area contributed by atoms with E-state index >= 15 is 0 Å². The number of carbonyl (C=O) groups is 2. The van der Waals surface area contributed by atoms with Crippen LogP contribution in [0.5, 0.6) is 17.2 Å². The van der Waals surface area contributed by atoms with Crippen LogP contribution in [0.1, 0.15) is 33.6 Å². The maximum absolute atomic E-state index is 12.7. The first-order valence-electron chi connectivity index (χ1n) is 12.1. The van der Waals surface area contributed by atoms with Crippen molar-refractivity contribution >= 4 is 34.7 Å². The molecule has 0 aliphatic carbocycles. The fraction of sp³-hybridized carbons (Fsp3) is 0.167. The van der Waals surface area contributed by atoms with Gasteiger partial charge in [0.25, 0.3) is 22.2 Å². The van der Waals surface area contributed by atoms with E-state index in [-0.39, 0.29) is 37.6 Å². The molecule has 0 aromatic heterocycles. The smallest absolute Gasteiger partial charge is 0.344 e. The molecule has 3 aromatic carbocycles. The summed E-state index contributed by atoms with van der Waals surface area (Å²) in [5.41, 5.74) is -4.39. The summed E-state index contributed by atoms with van der Waals surface area (Å²) in [5, 5.41) is 54.5. The molecule has 21 nitrogen and oxygen atoms in total. The Kier molecular flexibility index (Phi) is 10.5. The molecule has 0 spiro atoms. The van der Waals surface area contributed by atoms with Crippen LogP contribution in [-0.2, 0) is 4.84 Å². The van der Waals surface area contributed by atoms with Gasteiger partial charge in [-0.3, -0.25) is 40.5 Å². The van der Waals surface area contributed by atoms with Crippen molar-refractivity contribution in [2.75, 3.05) is 13.2 Å². The van der Waals surface area contributed by atoms with Crippen molar-refractivity contribution in [3.05, 3.63) is 116 Å². The first-order chi connectivity index (χ1) is 21.3. The summed E-state index contributed by atoms with van der Waals surface area (Å²) < 4.78 is 15.3. The fourth-order valence-electron chi connectivity index (χ4n) is 3.48. The van der Waals surface area contributed by atoms with Crippen molar-refractivity contribution in [1.82, 2.24) is 0 Å². The Balaban J connectivity index is 1.74. The van der Waals surface area contributed by atoms with Crippen LogP contribution < -0.4 is 14.2 Å². The Labute approximate surface area is 248 Å². The van der Waals surface area contributed by atoms with Gasteiger partial charge in [0.15, 0.2) is 0 Å². The van der Waals surface area contributed by atoms with Gasteiger partial charge in [-0.15, -0.1) is 10.1 Å². The average Bonchev–Trinajstić information content (AvgIpc) is 2.98. The van der Waals surface area contributed by atoms with Crippen LogP contribution >= 0.6 is 0 Å². The van der Waals surface area contributed by atoms with E-state index in [9.17, 15) is 60.2 Å². The number of esters is 2. The SMILES string of the molecule is O=C(Oc1ccc(OC(=O)c2cc([N+](=O)[O-])c(OCCCCO[N+](=O)[O-])c([N+](=O)[O-])c2)cc1)c1cc([N+](=O)[O-])cc([N+](=O)[O-])c1. The molecule has 0 heterocycles. The van der Waals surface area contributed by atoms with Gasteiger partial charge in [-0.25, -0.2) is 9.59 Å². The lowest BCUT2D eigenvalue weighted by Gasteiger charge is -2.10. The largest absolute Gasteiger partial charge is 0.482 e. The number of hydrogen-bond donors (Lipinski definition) is 0. The van der Waals surface area contributed by atoms with Gasteiger partial charge in [-0.1, -0.05) is 0 Å². The normalized spacial score (nSPS) is 10.3. The standard InChI is InChI=1S/C24H17N5O16/c30-23(14-9-16(25(32)33)13-17(10-14)26(34)35)44-18-3-5-19(6-4-18)45-24(31)15-11-20(27(36)37)22(21(12-15)28(38)39)42-7-1-2-8-43-29(40)41/h3-6,9-13H,1-2,7-8H2. The molecule has 0 N–H and O–H groups in total. The summed E-state index contributed by atoms with van der Waals surface area (Å²) in [5.74, 6) is -3.56. The summed E-state index contributed by atoms with van der Waals surface area (Å²) in [6.45, 7) is -0.598. The van der Waals surface area contributed by atoms with E-state index in [0.29, 0.717) is 18.2 Å². The topological polar surface area (TPSA) is 287 Å². The van der Waals surface area contributed by atoms with Crippen LogP contribution in [-0.4, -0.2) is 49.9 Å². The quantitative estimate of drug-likeness (QED) is 0.0748. The number of carbonyl (C=O) groups excluding carboxylic acids is 2. The first kappa shape index (κ1) is 32.7. The summed E-state index contributed by atoms with van der Waals surface area (Å²) in [4.78, 5) is 80.9. The van der Waals surface area contributed by atoms with Crippen molar-refractivity contribution < 1.29 is 53.4 Å². The van der Waals surface area contributed by atoms with Gasteiger partial charge in [0.2, 0.25) is 0 Å². The number of nitro groups is 4. The van der Waals surface area contributed by atoms with E-state index in [1.54, 1.807) is 0 Å². The molecule has 3 rings (SSSR count). The predicted molar refractivity (Wildman–Crippen MR) is 144 cm³/mol. The van der Waals surface area contributed by atoms with E-state index in [4.69, 9.17) is 14.2 Å². The fourth-order valence-corrected chi connectivity index (χ4v) is 3.48. The van der Waals surface area contributed by atoms with E-state index < -0.39 is 76.3 Å². The second-order valence-electron chi connectivity index (χ2n) is 8.47. The highest BCUT2D eigenvalue weighted by molar-refractivity contribution is 5.94. The number of benzene rings is 3. The third-order valence-corrected chi connectivity index (χ3v) is 5.47. The highest BCUT2D eigenvalue weighted by Crippen LogP contribution is 2.38. The Hall–Kier alpha value is -6.80. The third-order valence-electron chi connectivity index (χ3n) is 5.47. The number of unbranched alkanes of at least 4 members (excludes halogenated alkanes) is 1. The highest BCUT2D eigenvalue weighted by atomic mass is 16.9. The molecule has 45 heavy (non-hydrogen) atoms. The molecule has 0 fully saturated rings. The lowest BCUT2D eigenvalue weighted by atomic mass is 10.1. The van der Waals surface area contributed by atoms with Gasteiger partial charge in [-0.2, -0.15) is 0 Å². The van der Waals surface area contributed by atoms with Crippen LogP contribution in [0.4, 0.5) is 22.7 Å². The van der Waals surface area contributed by atoms with Crippen LogP contribution in [0.3, 0.4) is 0 Å². The van der Waals surface area contributed by atoms with Crippen molar-refractivity contribution in [1.29, 1.82) is 0 Å². The van der Waals surface area contributed by atoms with Crippen LogP contribution in [0.25, 0.3) is 0 Å². The molecular weight excluding hydrogens is 614 g/mol. The molecule has 3 aromatic rings. The molecule has 0 aliphatic rings. The highest BCUT2D eigenvalue weighted by Gasteiger charge is 2.31. The molecule has 0 amide bonds. The summed E-state index contributed by atoms with van der Waals surface area (Å²) in [7, 11) is 0. The van der Waals surface area contributed by atoms with Crippen molar-refractivity contribution in [3.63, 3.8) is 0 Å². The number of non-ortho nitro benzene ring substituents is 2. The van der Waals surface area contributed by atoms with Gasteiger partial charge in [0.1, 0.15) is 11.5 Å². The zero-order valence-electron chi connectivity index (χ0n) is 22.3. The maximum Gasteiger partial charge on any atom is 0.344 e. The Morgan fingerprint density at radius 1 is 0.578 bits per heavy atom. The van der Waals surface area contributed by atoms with E-state index in [0.717, 1.165) is 36.4 Å². The number of nitro benzene ring substituents is 4. The second-order valence-corrected chi connectivity index (χ2v) is 8.47. The number of rotatable bonds is 15. The molecule has 0 bridgehead atoms. The lowest BCUT2D eigenvalue weighted by molar-refractivity contribution is -0.757. The van der Waals surface area contributed by atoms with Crippen LogP contribution in [0.2, 0.25) is 0 Å². The summed E-state index contributed by atoms with van der Waals surface area (Å²) >= 11 is 0. The monoisotopic (exact) mass is 631 g/mol. The summed E-state index contributed by atoms with van der Waals surface area (Å²) in [6.07, 6.45) is 0.185. The molecule has 0 saturated carbocycles. The average molecular weight is 631 g/mol. The van der Waals surface area contributed by atoms with Gasteiger partial charge < -0.3 is 19.0 Å². The molecule has 0 atom stereocenters. The summed E-state index contributed by atoms with van der Waals surface area (Å²) in [6, 6.07) is 8.03. The molecule has 0 saturated heterocycles. The lowest BCUT2D eigenvalue weighted by Crippen LogP contribution is -2.12.